The van der Waals surface area contributed by atoms with Gasteiger partial charge in [-0.2, -0.15) is 0 Å². The highest BCUT2D eigenvalue weighted by atomic mass is 17.2. The van der Waals surface area contributed by atoms with Crippen molar-refractivity contribution in [2.24, 2.45) is 0 Å². The van der Waals surface area contributed by atoms with Crippen LogP contribution in [0.1, 0.15) is 94.9 Å². The van der Waals surface area contributed by atoms with Crippen molar-refractivity contribution in [3.8, 4) is 0 Å². The Kier molecular flexibility index (Phi) is 12.5. The molecule has 0 heterocycles. The first-order valence-electron chi connectivity index (χ1n) is 8.44. The first-order valence-corrected chi connectivity index (χ1v) is 8.44. The monoisotopic (exact) mass is 320 g/mol. The van der Waals surface area contributed by atoms with E-state index in [0.717, 1.165) is 13.0 Å². The van der Waals surface area contributed by atoms with Crippen molar-refractivity contribution in [2.75, 3.05) is 6.61 Å². The molecule has 0 fully saturated rings. The molecule has 0 atom stereocenters. The molecule has 0 rings (SSSR count). The van der Waals surface area contributed by atoms with Crippen molar-refractivity contribution >= 4 is 0 Å². The molecule has 0 saturated carbocycles. The molecule has 0 aliphatic heterocycles. The average molecular weight is 321 g/mol. The lowest BCUT2D eigenvalue weighted by molar-refractivity contribution is -0.393. The highest BCUT2D eigenvalue weighted by molar-refractivity contribution is 4.58. The van der Waals surface area contributed by atoms with E-state index in [-0.39, 0.29) is 16.8 Å². The lowest BCUT2D eigenvalue weighted by Crippen LogP contribution is -2.27. The molecule has 136 valence electrons. The van der Waals surface area contributed by atoms with Crippen LogP contribution in [0.15, 0.2) is 0 Å². The van der Waals surface area contributed by atoms with Gasteiger partial charge in [0, 0.05) is 0 Å². The Balaban J connectivity index is 0. The Morgan fingerprint density at radius 1 is 0.545 bits per heavy atom. The normalized spacial score (nSPS) is 12.8. The van der Waals surface area contributed by atoms with Crippen LogP contribution in [-0.4, -0.2) is 23.4 Å². The molecule has 0 aliphatic carbocycles. The van der Waals surface area contributed by atoms with Gasteiger partial charge in [0.05, 0.1) is 23.4 Å². The van der Waals surface area contributed by atoms with E-state index in [0.29, 0.717) is 0 Å². The van der Waals surface area contributed by atoms with Crippen molar-refractivity contribution in [2.45, 2.75) is 112 Å². The molecule has 0 radical (unpaired) electrons. The van der Waals surface area contributed by atoms with Gasteiger partial charge >= 0.3 is 0 Å². The van der Waals surface area contributed by atoms with Crippen molar-refractivity contribution in [3.05, 3.63) is 0 Å². The van der Waals surface area contributed by atoms with Gasteiger partial charge in [0.25, 0.3) is 0 Å². The van der Waals surface area contributed by atoms with Crippen LogP contribution in [0.2, 0.25) is 0 Å². The number of unbranched alkanes of at least 4 members (excludes halogenated alkanes) is 3. The maximum absolute atomic E-state index is 5.11. The summed E-state index contributed by atoms with van der Waals surface area (Å²) in [6.45, 7) is 20.6. The molecule has 0 aromatic heterocycles. The zero-order valence-electron chi connectivity index (χ0n) is 16.7. The van der Waals surface area contributed by atoms with Gasteiger partial charge in [-0.25, -0.2) is 19.6 Å². The van der Waals surface area contributed by atoms with E-state index in [2.05, 4.69) is 6.92 Å². The van der Waals surface area contributed by atoms with Crippen LogP contribution in [0.25, 0.3) is 0 Å². The van der Waals surface area contributed by atoms with Gasteiger partial charge in [-0.1, -0.05) is 26.2 Å². The minimum Gasteiger partial charge on any atom is -0.236 e. The van der Waals surface area contributed by atoms with E-state index in [1.165, 1.54) is 19.3 Å². The van der Waals surface area contributed by atoms with E-state index < -0.39 is 0 Å². The molecule has 4 heteroatoms. The van der Waals surface area contributed by atoms with Gasteiger partial charge in [-0.05, 0) is 68.7 Å². The maximum Gasteiger partial charge on any atom is 0.0952 e. The van der Waals surface area contributed by atoms with Crippen molar-refractivity contribution < 1.29 is 19.6 Å². The van der Waals surface area contributed by atoms with Crippen molar-refractivity contribution in [1.29, 1.82) is 0 Å². The Labute approximate surface area is 138 Å². The molecule has 0 aromatic rings. The van der Waals surface area contributed by atoms with Gasteiger partial charge in [-0.15, -0.1) is 0 Å². The number of hydrogen-bond acceptors (Lipinski definition) is 4. The third kappa shape index (κ3) is 28.1. The fraction of sp³-hybridized carbons (Fsp3) is 1.00. The minimum absolute atomic E-state index is 0.176. The van der Waals surface area contributed by atoms with E-state index in [1.807, 2.05) is 62.3 Å². The summed E-state index contributed by atoms with van der Waals surface area (Å²) < 4.78 is 0. The molecule has 4 nitrogen and oxygen atoms in total. The van der Waals surface area contributed by atoms with Gasteiger partial charge in [-0.3, -0.25) is 0 Å². The maximum atomic E-state index is 5.11. The van der Waals surface area contributed by atoms with E-state index >= 15 is 0 Å². The molecule has 0 aromatic carbocycles. The van der Waals surface area contributed by atoms with Crippen LogP contribution < -0.4 is 0 Å². The molecular formula is C18H40O4. The second-order valence-electron chi connectivity index (χ2n) is 8.47. The summed E-state index contributed by atoms with van der Waals surface area (Å²) >= 11 is 0. The second-order valence-corrected chi connectivity index (χ2v) is 8.47. The van der Waals surface area contributed by atoms with Crippen LogP contribution in [0.5, 0.6) is 0 Å². The topological polar surface area (TPSA) is 36.9 Å². The molecule has 0 N–H and O–H groups in total. The zero-order valence-corrected chi connectivity index (χ0v) is 16.7. The van der Waals surface area contributed by atoms with Crippen LogP contribution in [0.4, 0.5) is 0 Å². The lowest BCUT2D eigenvalue weighted by Gasteiger charge is -2.24. The molecule has 0 bridgehead atoms. The van der Waals surface area contributed by atoms with Gasteiger partial charge < -0.3 is 0 Å². The fourth-order valence-electron chi connectivity index (χ4n) is 1.06. The molecule has 0 aliphatic rings. The Bertz CT molecular complexity index is 229. The smallest absolute Gasteiger partial charge is 0.0952 e. The molecule has 0 spiro atoms. The van der Waals surface area contributed by atoms with Gasteiger partial charge in [0.1, 0.15) is 0 Å². The summed E-state index contributed by atoms with van der Waals surface area (Å²) in [6.07, 6.45) is 4.90. The Morgan fingerprint density at radius 2 is 0.955 bits per heavy atom. The van der Waals surface area contributed by atoms with Crippen LogP contribution in [0, 0.1) is 0 Å². The predicted molar refractivity (Wildman–Crippen MR) is 92.6 cm³/mol. The van der Waals surface area contributed by atoms with Crippen molar-refractivity contribution in [3.63, 3.8) is 0 Å². The number of hydrogen-bond donors (Lipinski definition) is 0. The molecule has 22 heavy (non-hydrogen) atoms. The summed E-state index contributed by atoms with van der Waals surface area (Å²) in [5.41, 5.74) is -0.606. The Hall–Kier alpha value is -0.160. The third-order valence-electron chi connectivity index (χ3n) is 1.93. The SMILES string of the molecule is CC(C)(C)OOC(C)(C)C.CCCCCCOOC(C)(C)C. The van der Waals surface area contributed by atoms with E-state index in [1.54, 1.807) is 0 Å². The fourth-order valence-corrected chi connectivity index (χ4v) is 1.06. The summed E-state index contributed by atoms with van der Waals surface area (Å²) in [5, 5.41) is 0. The van der Waals surface area contributed by atoms with E-state index in [9.17, 15) is 0 Å². The molecule has 0 amide bonds. The third-order valence-corrected chi connectivity index (χ3v) is 1.93. The van der Waals surface area contributed by atoms with Crippen molar-refractivity contribution in [1.82, 2.24) is 0 Å². The average Bonchev–Trinajstić information content (AvgIpc) is 2.29. The van der Waals surface area contributed by atoms with Gasteiger partial charge in [0.15, 0.2) is 0 Å². The Morgan fingerprint density at radius 3 is 1.27 bits per heavy atom. The highest BCUT2D eigenvalue weighted by Crippen LogP contribution is 2.14. The summed E-state index contributed by atoms with van der Waals surface area (Å²) in [5.74, 6) is 0. The molecule has 0 saturated heterocycles. The first kappa shape index (κ1) is 24.1. The zero-order chi connectivity index (χ0) is 17.9. The summed E-state index contributed by atoms with van der Waals surface area (Å²) in [6, 6.07) is 0. The standard InChI is InChI=1S/C10H22O2.C8H18O2/c1-5-6-7-8-9-11-12-10(2,3)4;1-7(2,3)9-10-8(4,5)6/h5-9H2,1-4H3;1-6H3. The molecular weight excluding hydrogens is 280 g/mol. The van der Waals surface area contributed by atoms with E-state index in [4.69, 9.17) is 19.6 Å². The largest absolute Gasteiger partial charge is 0.236 e. The second kappa shape index (κ2) is 11.4. The van der Waals surface area contributed by atoms with Crippen LogP contribution in [0.3, 0.4) is 0 Å². The lowest BCUT2D eigenvalue weighted by atomic mass is 10.2. The van der Waals surface area contributed by atoms with Gasteiger partial charge in [0.2, 0.25) is 0 Å². The predicted octanol–water partition coefficient (Wildman–Crippen LogP) is 5.85. The van der Waals surface area contributed by atoms with Crippen LogP contribution >= 0.6 is 0 Å². The highest BCUT2D eigenvalue weighted by Gasteiger charge is 2.18. The number of rotatable bonds is 7. The summed E-state index contributed by atoms with van der Waals surface area (Å²) in [7, 11) is 0. The minimum atomic E-state index is -0.215. The quantitative estimate of drug-likeness (QED) is 0.335. The first-order chi connectivity index (χ1) is 9.77. The molecule has 0 unspecified atom stereocenters. The van der Waals surface area contributed by atoms with Crippen LogP contribution in [-0.2, 0) is 19.6 Å². The summed E-state index contributed by atoms with van der Waals surface area (Å²) in [4.78, 5) is 20.3.